The highest BCUT2D eigenvalue weighted by atomic mass is 127. The van der Waals surface area contributed by atoms with Gasteiger partial charge in [-0.1, -0.05) is 0 Å². The second kappa shape index (κ2) is 8.43. The van der Waals surface area contributed by atoms with Crippen LogP contribution in [0.2, 0.25) is 0 Å². The summed E-state index contributed by atoms with van der Waals surface area (Å²) in [6.45, 7) is 9.19. The lowest BCUT2D eigenvalue weighted by atomic mass is 10.0. The molecule has 27 heavy (non-hydrogen) atoms. The van der Waals surface area contributed by atoms with E-state index in [-0.39, 0.29) is 42.2 Å². The number of fused-ring (bicyclic) bond motifs is 1. The van der Waals surface area contributed by atoms with Crippen molar-refractivity contribution in [1.82, 2.24) is 4.90 Å². The number of halogens is 1. The minimum Gasteiger partial charge on any atom is -0.494 e. The average molecular weight is 487 g/mol. The van der Waals surface area contributed by atoms with Gasteiger partial charge in [-0.15, -0.1) is 24.0 Å². The summed E-state index contributed by atoms with van der Waals surface area (Å²) in [6, 6.07) is 4.55. The third kappa shape index (κ3) is 4.45. The number of benzene rings is 1. The Morgan fingerprint density at radius 1 is 1.33 bits per heavy atom. The van der Waals surface area contributed by atoms with Gasteiger partial charge in [-0.2, -0.15) is 0 Å². The lowest BCUT2D eigenvalue weighted by Gasteiger charge is -2.31. The van der Waals surface area contributed by atoms with Crippen LogP contribution in [-0.4, -0.2) is 55.4 Å². The summed E-state index contributed by atoms with van der Waals surface area (Å²) in [6.07, 6.45) is 2.40. The van der Waals surface area contributed by atoms with Crippen LogP contribution >= 0.6 is 24.0 Å². The predicted octanol–water partition coefficient (Wildman–Crippen LogP) is 2.92. The fourth-order valence-electron chi connectivity index (χ4n) is 3.96. The summed E-state index contributed by atoms with van der Waals surface area (Å²) >= 11 is 0. The van der Waals surface area contributed by atoms with E-state index in [9.17, 15) is 0 Å². The van der Waals surface area contributed by atoms with E-state index in [1.807, 2.05) is 6.92 Å². The quantitative estimate of drug-likeness (QED) is 0.402. The monoisotopic (exact) mass is 487 g/mol. The molecule has 4 atom stereocenters. The maximum Gasteiger partial charge on any atom is 0.191 e. The molecule has 2 aliphatic heterocycles. The zero-order valence-electron chi connectivity index (χ0n) is 16.3. The number of hydrogen-bond acceptors (Lipinski definition) is 4. The predicted molar refractivity (Wildman–Crippen MR) is 117 cm³/mol. The van der Waals surface area contributed by atoms with Crippen LogP contribution in [0.25, 0.3) is 0 Å². The van der Waals surface area contributed by atoms with Gasteiger partial charge in [-0.25, -0.2) is 4.99 Å². The van der Waals surface area contributed by atoms with Crippen LogP contribution in [0, 0.1) is 0 Å². The molecule has 1 saturated heterocycles. The molecule has 150 valence electrons. The zero-order valence-corrected chi connectivity index (χ0v) is 18.6. The van der Waals surface area contributed by atoms with Crippen molar-refractivity contribution in [2.45, 2.75) is 57.8 Å². The van der Waals surface area contributed by atoms with E-state index in [0.29, 0.717) is 25.1 Å². The van der Waals surface area contributed by atoms with Gasteiger partial charge in [0.15, 0.2) is 5.96 Å². The molecule has 2 N–H and O–H groups in total. The number of nitrogens with zero attached hydrogens (tertiary/aromatic N) is 2. The first kappa shape index (κ1) is 20.5. The third-order valence-electron chi connectivity index (χ3n) is 5.35. The molecule has 0 spiro atoms. The normalized spacial score (nSPS) is 29.6. The number of guanidine groups is 1. The molecule has 1 aromatic carbocycles. The fraction of sp³-hybridized carbons (Fsp3) is 0.650. The summed E-state index contributed by atoms with van der Waals surface area (Å²) in [7, 11) is 0. The van der Waals surface area contributed by atoms with Crippen LogP contribution in [0.1, 0.15) is 44.2 Å². The number of ether oxygens (including phenoxy) is 3. The molecule has 7 heteroatoms. The second-order valence-electron chi connectivity index (χ2n) is 7.59. The van der Waals surface area contributed by atoms with E-state index in [1.165, 1.54) is 11.1 Å². The Bertz CT molecular complexity index is 712. The molecule has 4 rings (SSSR count). The van der Waals surface area contributed by atoms with Gasteiger partial charge in [-0.05, 0) is 39.3 Å². The van der Waals surface area contributed by atoms with Crippen LogP contribution in [0.4, 0.5) is 0 Å². The molecule has 2 heterocycles. The van der Waals surface area contributed by atoms with E-state index in [1.54, 1.807) is 0 Å². The molecule has 0 amide bonds. The molecule has 0 radical (unpaired) electrons. The zero-order chi connectivity index (χ0) is 18.3. The van der Waals surface area contributed by atoms with Gasteiger partial charge in [0.2, 0.25) is 0 Å². The maximum absolute atomic E-state index is 6.26. The van der Waals surface area contributed by atoms with Crippen molar-refractivity contribution in [2.75, 3.05) is 26.3 Å². The van der Waals surface area contributed by atoms with Crippen molar-refractivity contribution < 1.29 is 14.2 Å². The Labute approximate surface area is 178 Å². The molecule has 2 fully saturated rings. The highest BCUT2D eigenvalue weighted by Gasteiger charge is 2.42. The highest BCUT2D eigenvalue weighted by Crippen LogP contribution is 2.49. The van der Waals surface area contributed by atoms with E-state index < -0.39 is 0 Å². The van der Waals surface area contributed by atoms with Gasteiger partial charge in [0, 0.05) is 36.6 Å². The first-order chi connectivity index (χ1) is 12.5. The smallest absolute Gasteiger partial charge is 0.191 e. The molecular formula is C20H30IN3O3. The van der Waals surface area contributed by atoms with Crippen molar-refractivity contribution >= 4 is 29.9 Å². The van der Waals surface area contributed by atoms with Gasteiger partial charge in [0.05, 0.1) is 25.4 Å². The molecule has 1 aliphatic carbocycles. The second-order valence-corrected chi connectivity index (χ2v) is 7.59. The standard InChI is InChI=1S/C20H29N3O3.HI/c1-4-24-19-8-14-7-12(2)26-18(14)10-16(19)15-9-17(15)22-20(21)23-5-6-25-13(3)11-23;/h8,10,12-13,15,17H,4-7,9,11H2,1-3H3,(H2,21,22);1H. The molecule has 1 saturated carbocycles. The summed E-state index contributed by atoms with van der Waals surface area (Å²) in [5.41, 5.74) is 8.71. The number of nitrogens with two attached hydrogens (primary N) is 1. The maximum atomic E-state index is 6.26. The lowest BCUT2D eigenvalue weighted by Crippen LogP contribution is -2.48. The Hall–Kier alpha value is -1.22. The first-order valence-corrected chi connectivity index (χ1v) is 9.71. The largest absolute Gasteiger partial charge is 0.494 e. The van der Waals surface area contributed by atoms with Gasteiger partial charge in [0.1, 0.15) is 17.6 Å². The molecule has 0 aromatic heterocycles. The van der Waals surface area contributed by atoms with Gasteiger partial charge in [0.25, 0.3) is 0 Å². The van der Waals surface area contributed by atoms with Crippen molar-refractivity contribution in [3.63, 3.8) is 0 Å². The van der Waals surface area contributed by atoms with E-state index in [4.69, 9.17) is 24.9 Å². The van der Waals surface area contributed by atoms with Crippen LogP contribution in [0.15, 0.2) is 17.1 Å². The van der Waals surface area contributed by atoms with Crippen LogP contribution in [0.3, 0.4) is 0 Å². The van der Waals surface area contributed by atoms with Crippen molar-refractivity contribution in [3.8, 4) is 11.5 Å². The molecule has 4 unspecified atom stereocenters. The Morgan fingerprint density at radius 3 is 2.89 bits per heavy atom. The number of rotatable bonds is 4. The van der Waals surface area contributed by atoms with Crippen LogP contribution < -0.4 is 15.2 Å². The topological polar surface area (TPSA) is 69.3 Å². The average Bonchev–Trinajstić information content (AvgIpc) is 3.26. The first-order valence-electron chi connectivity index (χ1n) is 9.71. The van der Waals surface area contributed by atoms with E-state index >= 15 is 0 Å². The minimum absolute atomic E-state index is 0. The summed E-state index contributed by atoms with van der Waals surface area (Å²) < 4.78 is 17.4. The summed E-state index contributed by atoms with van der Waals surface area (Å²) in [5.74, 6) is 2.97. The van der Waals surface area contributed by atoms with Gasteiger partial charge >= 0.3 is 0 Å². The Morgan fingerprint density at radius 2 is 2.15 bits per heavy atom. The minimum atomic E-state index is 0. The third-order valence-corrected chi connectivity index (χ3v) is 5.35. The molecular weight excluding hydrogens is 457 g/mol. The Balaban J connectivity index is 0.00000210. The summed E-state index contributed by atoms with van der Waals surface area (Å²) in [4.78, 5) is 6.91. The number of morpholine rings is 1. The number of hydrogen-bond donors (Lipinski definition) is 1. The van der Waals surface area contributed by atoms with Crippen molar-refractivity contribution in [2.24, 2.45) is 10.7 Å². The molecule has 6 nitrogen and oxygen atoms in total. The fourth-order valence-corrected chi connectivity index (χ4v) is 3.96. The van der Waals surface area contributed by atoms with Crippen molar-refractivity contribution in [3.05, 3.63) is 23.3 Å². The van der Waals surface area contributed by atoms with Crippen LogP contribution in [0.5, 0.6) is 11.5 Å². The Kier molecular flexibility index (Phi) is 6.40. The summed E-state index contributed by atoms with van der Waals surface area (Å²) in [5, 5.41) is 0. The molecule has 3 aliphatic rings. The van der Waals surface area contributed by atoms with Crippen LogP contribution in [-0.2, 0) is 11.2 Å². The number of aliphatic imine (C=N–C) groups is 1. The van der Waals surface area contributed by atoms with Crippen molar-refractivity contribution in [1.29, 1.82) is 0 Å². The SMILES string of the molecule is CCOc1cc2c(cc1C1CC1N=C(N)N1CCOC(C)C1)OC(C)C2.I. The highest BCUT2D eigenvalue weighted by molar-refractivity contribution is 14.0. The van der Waals surface area contributed by atoms with E-state index in [0.717, 1.165) is 37.4 Å². The molecule has 0 bridgehead atoms. The lowest BCUT2D eigenvalue weighted by molar-refractivity contribution is 0.00528. The molecule has 1 aromatic rings. The van der Waals surface area contributed by atoms with Gasteiger partial charge in [-0.3, -0.25) is 0 Å². The van der Waals surface area contributed by atoms with E-state index in [2.05, 4.69) is 30.9 Å². The van der Waals surface area contributed by atoms with Gasteiger partial charge < -0.3 is 24.8 Å².